The van der Waals surface area contributed by atoms with Crippen LogP contribution in [-0.4, -0.2) is 41.8 Å². The first-order chi connectivity index (χ1) is 9.94. The van der Waals surface area contributed by atoms with Crippen molar-refractivity contribution in [1.82, 2.24) is 5.32 Å². The van der Waals surface area contributed by atoms with E-state index in [0.717, 1.165) is 25.9 Å². The smallest absolute Gasteiger partial charge is 0.285 e. The highest BCUT2D eigenvalue weighted by Gasteiger charge is 2.23. The molecular weight excluding hydrogens is 312 g/mol. The maximum atomic E-state index is 12.7. The van der Waals surface area contributed by atoms with E-state index in [9.17, 15) is 9.00 Å². The maximum absolute atomic E-state index is 12.7. The summed E-state index contributed by atoms with van der Waals surface area (Å²) in [5, 5.41) is 3.59. The van der Waals surface area contributed by atoms with E-state index in [1.807, 2.05) is 0 Å². The molecule has 2 rings (SSSR count). The average molecular weight is 331 g/mol. The summed E-state index contributed by atoms with van der Waals surface area (Å²) in [6, 6.07) is 4.66. The number of amides is 1. The van der Waals surface area contributed by atoms with Crippen LogP contribution in [0.15, 0.2) is 22.6 Å². The van der Waals surface area contributed by atoms with Gasteiger partial charge in [-0.15, -0.1) is 0 Å². The highest BCUT2D eigenvalue weighted by atomic mass is 35.5. The van der Waals surface area contributed by atoms with E-state index in [0.29, 0.717) is 16.3 Å². The van der Waals surface area contributed by atoms with Crippen molar-refractivity contribution in [3.05, 3.63) is 28.8 Å². The summed E-state index contributed by atoms with van der Waals surface area (Å²) < 4.78 is 21.7. The predicted octanol–water partition coefficient (Wildman–Crippen LogP) is 2.34. The van der Waals surface area contributed by atoms with Crippen LogP contribution in [0.4, 0.5) is 0 Å². The van der Waals surface area contributed by atoms with Crippen molar-refractivity contribution in [3.63, 3.8) is 0 Å². The van der Waals surface area contributed by atoms with Gasteiger partial charge in [0.1, 0.15) is 5.75 Å². The minimum Gasteiger partial charge on any atom is -0.495 e. The Hall–Kier alpha value is -1.11. The fourth-order valence-electron chi connectivity index (χ4n) is 2.32. The number of piperidine rings is 1. The lowest BCUT2D eigenvalue weighted by Crippen LogP contribution is -2.35. The van der Waals surface area contributed by atoms with E-state index in [1.54, 1.807) is 18.4 Å². The molecule has 0 aromatic heterocycles. The molecule has 1 amide bonds. The van der Waals surface area contributed by atoms with Crippen molar-refractivity contribution in [2.24, 2.45) is 4.36 Å². The minimum atomic E-state index is -2.55. The fourth-order valence-corrected chi connectivity index (χ4v) is 4.21. The largest absolute Gasteiger partial charge is 0.495 e. The minimum absolute atomic E-state index is 0.0445. The highest BCUT2D eigenvalue weighted by molar-refractivity contribution is 7.93. The number of carbonyl (C=O) groups is 1. The molecule has 1 unspecified atom stereocenters. The molecule has 7 heteroatoms. The van der Waals surface area contributed by atoms with Crippen molar-refractivity contribution in [2.45, 2.75) is 18.1 Å². The summed E-state index contributed by atoms with van der Waals surface area (Å²) in [7, 11) is -1.07. The van der Waals surface area contributed by atoms with E-state index in [1.165, 1.54) is 13.2 Å². The summed E-state index contributed by atoms with van der Waals surface area (Å²) in [6.45, 7) is 1.63. The molecule has 1 fully saturated rings. The van der Waals surface area contributed by atoms with Crippen molar-refractivity contribution in [1.29, 1.82) is 0 Å². The quantitative estimate of drug-likeness (QED) is 0.923. The number of benzene rings is 1. The van der Waals surface area contributed by atoms with Crippen LogP contribution in [0.2, 0.25) is 5.02 Å². The van der Waals surface area contributed by atoms with Crippen LogP contribution in [0.1, 0.15) is 23.2 Å². The Labute approximate surface area is 130 Å². The van der Waals surface area contributed by atoms with Gasteiger partial charge in [0.2, 0.25) is 0 Å². The van der Waals surface area contributed by atoms with Gasteiger partial charge < -0.3 is 10.1 Å². The Bertz CT molecular complexity index is 648. The molecule has 1 aliphatic rings. The van der Waals surface area contributed by atoms with Crippen LogP contribution in [0.5, 0.6) is 5.75 Å². The van der Waals surface area contributed by atoms with Crippen LogP contribution in [-0.2, 0) is 9.73 Å². The molecule has 1 N–H and O–H groups in total. The number of hydrogen-bond acceptors (Lipinski definition) is 4. The standard InChI is InChI=1S/C14H19ClN2O3S/c1-20-13-9-10(3-4-12(13)15)14(18)17-21(2,19)11-5-7-16-8-6-11/h3-4,9,11,16H,5-8H2,1-2H3. The summed E-state index contributed by atoms with van der Waals surface area (Å²) in [5.41, 5.74) is 0.333. The zero-order chi connectivity index (χ0) is 15.5. The van der Waals surface area contributed by atoms with Crippen molar-refractivity contribution in [2.75, 3.05) is 26.5 Å². The molecule has 0 spiro atoms. The summed E-state index contributed by atoms with van der Waals surface area (Å²) in [4.78, 5) is 12.2. The molecule has 1 aromatic carbocycles. The lowest BCUT2D eigenvalue weighted by Gasteiger charge is -2.23. The molecule has 5 nitrogen and oxygen atoms in total. The number of halogens is 1. The molecule has 1 atom stereocenters. The van der Waals surface area contributed by atoms with E-state index < -0.39 is 15.6 Å². The number of hydrogen-bond donors (Lipinski definition) is 1. The first-order valence-corrected chi connectivity index (χ1v) is 9.10. The van der Waals surface area contributed by atoms with Crippen LogP contribution < -0.4 is 10.1 Å². The zero-order valence-electron chi connectivity index (χ0n) is 12.1. The van der Waals surface area contributed by atoms with Gasteiger partial charge in [0.05, 0.1) is 21.9 Å². The van der Waals surface area contributed by atoms with Gasteiger partial charge >= 0.3 is 0 Å². The third-order valence-corrected chi connectivity index (χ3v) is 6.12. The van der Waals surface area contributed by atoms with Crippen molar-refractivity contribution < 1.29 is 13.7 Å². The third kappa shape index (κ3) is 3.96. The molecule has 0 saturated carbocycles. The summed E-state index contributed by atoms with van der Waals surface area (Å²) in [5.74, 6) is -0.0850. The van der Waals surface area contributed by atoms with Gasteiger partial charge in [0, 0.05) is 17.1 Å². The molecule has 116 valence electrons. The van der Waals surface area contributed by atoms with Crippen LogP contribution in [0, 0.1) is 0 Å². The Morgan fingerprint density at radius 1 is 1.43 bits per heavy atom. The number of carbonyl (C=O) groups excluding carboxylic acids is 1. The molecule has 1 heterocycles. The lowest BCUT2D eigenvalue weighted by molar-refractivity contribution is 0.100. The molecule has 1 aromatic rings. The molecular formula is C14H19ClN2O3S. The maximum Gasteiger partial charge on any atom is 0.285 e. The summed E-state index contributed by atoms with van der Waals surface area (Å²) in [6.07, 6.45) is 3.11. The Balaban J connectivity index is 2.27. The number of nitrogens with zero attached hydrogens (tertiary/aromatic N) is 1. The van der Waals surface area contributed by atoms with Gasteiger partial charge in [-0.25, -0.2) is 4.21 Å². The lowest BCUT2D eigenvalue weighted by atomic mass is 10.2. The second-order valence-electron chi connectivity index (χ2n) is 5.06. The predicted molar refractivity (Wildman–Crippen MR) is 84.7 cm³/mol. The SMILES string of the molecule is COc1cc(C(=O)N=S(C)(=O)C2CCNCC2)ccc1Cl. The van der Waals surface area contributed by atoms with Crippen LogP contribution in [0.3, 0.4) is 0 Å². The Morgan fingerprint density at radius 2 is 2.10 bits per heavy atom. The average Bonchev–Trinajstić information content (AvgIpc) is 2.48. The van der Waals surface area contributed by atoms with Crippen LogP contribution in [0.25, 0.3) is 0 Å². The monoisotopic (exact) mass is 330 g/mol. The van der Waals surface area contributed by atoms with Gasteiger partial charge in [-0.2, -0.15) is 4.36 Å². The fraction of sp³-hybridized carbons (Fsp3) is 0.500. The number of methoxy groups -OCH3 is 1. The Morgan fingerprint density at radius 3 is 2.71 bits per heavy atom. The second-order valence-corrected chi connectivity index (χ2v) is 8.03. The van der Waals surface area contributed by atoms with Gasteiger partial charge in [-0.05, 0) is 44.1 Å². The second kappa shape index (κ2) is 6.77. The molecule has 0 bridgehead atoms. The van der Waals surface area contributed by atoms with E-state index in [-0.39, 0.29) is 5.25 Å². The summed E-state index contributed by atoms with van der Waals surface area (Å²) >= 11 is 5.93. The van der Waals surface area contributed by atoms with Crippen molar-refractivity contribution >= 4 is 27.2 Å². The normalized spacial score (nSPS) is 18.8. The molecule has 21 heavy (non-hydrogen) atoms. The van der Waals surface area contributed by atoms with Crippen molar-refractivity contribution in [3.8, 4) is 5.75 Å². The highest BCUT2D eigenvalue weighted by Crippen LogP contribution is 2.25. The third-order valence-electron chi connectivity index (χ3n) is 3.57. The topological polar surface area (TPSA) is 67.8 Å². The molecule has 1 saturated heterocycles. The van der Waals surface area contributed by atoms with E-state index in [4.69, 9.17) is 16.3 Å². The molecule has 1 aliphatic heterocycles. The number of rotatable bonds is 3. The van der Waals surface area contributed by atoms with Gasteiger partial charge in [-0.1, -0.05) is 11.6 Å². The zero-order valence-corrected chi connectivity index (χ0v) is 13.7. The number of nitrogens with one attached hydrogen (secondary N) is 1. The van der Waals surface area contributed by atoms with E-state index >= 15 is 0 Å². The first kappa shape index (κ1) is 16.3. The first-order valence-electron chi connectivity index (χ1n) is 6.73. The van der Waals surface area contributed by atoms with Crippen LogP contribution >= 0.6 is 11.6 Å². The Kier molecular flexibility index (Phi) is 5.24. The van der Waals surface area contributed by atoms with Gasteiger partial charge in [0.25, 0.3) is 5.91 Å². The molecule has 0 aliphatic carbocycles. The van der Waals surface area contributed by atoms with E-state index in [2.05, 4.69) is 9.68 Å². The number of ether oxygens (including phenoxy) is 1. The van der Waals surface area contributed by atoms with Gasteiger partial charge in [0.15, 0.2) is 0 Å². The van der Waals surface area contributed by atoms with Gasteiger partial charge in [-0.3, -0.25) is 4.79 Å². The molecule has 0 radical (unpaired) electrons.